The number of halogens is 2. The van der Waals surface area contributed by atoms with E-state index < -0.39 is 6.03 Å². The van der Waals surface area contributed by atoms with E-state index in [0.29, 0.717) is 27.1 Å². The number of imide groups is 1. The smallest absolute Gasteiger partial charge is 0.290 e. The van der Waals surface area contributed by atoms with Crippen molar-refractivity contribution < 1.29 is 9.59 Å². The molecule has 0 aromatic heterocycles. The number of nitrogens with one attached hydrogen (secondary N) is 1. The Kier molecular flexibility index (Phi) is 3.04. The predicted molar refractivity (Wildman–Crippen MR) is 73.5 cm³/mol. The quantitative estimate of drug-likeness (QED) is 0.877. The molecule has 9 heteroatoms. The van der Waals surface area contributed by atoms with Crippen LogP contribution in [0.2, 0.25) is 10.0 Å². The van der Waals surface area contributed by atoms with Gasteiger partial charge in [0.05, 0.1) is 27.1 Å². The highest BCUT2D eigenvalue weighted by Gasteiger charge is 2.30. The van der Waals surface area contributed by atoms with E-state index in [1.54, 1.807) is 0 Å². The SMILES string of the molecule is O=C1CCN(c2c(Cl)cc(Cl)c3c2N=S=N3)C(=O)N1. The molecule has 0 bridgehead atoms. The summed E-state index contributed by atoms with van der Waals surface area (Å²) in [6.07, 6.45) is 0.212. The average molecular weight is 317 g/mol. The van der Waals surface area contributed by atoms with E-state index >= 15 is 0 Å². The molecular weight excluding hydrogens is 311 g/mol. The van der Waals surface area contributed by atoms with Crippen molar-refractivity contribution in [2.75, 3.05) is 11.4 Å². The fraction of sp³-hybridized carbons (Fsp3) is 0.200. The van der Waals surface area contributed by atoms with E-state index in [1.165, 1.54) is 11.0 Å². The lowest BCUT2D eigenvalue weighted by Crippen LogP contribution is -2.49. The van der Waals surface area contributed by atoms with Gasteiger partial charge in [-0.1, -0.05) is 23.2 Å². The molecule has 1 aromatic carbocycles. The maximum atomic E-state index is 11.9. The van der Waals surface area contributed by atoms with Crippen LogP contribution >= 0.6 is 23.2 Å². The van der Waals surface area contributed by atoms with E-state index in [9.17, 15) is 9.59 Å². The first kappa shape index (κ1) is 12.6. The van der Waals surface area contributed by atoms with Gasteiger partial charge in [0.15, 0.2) is 0 Å². The van der Waals surface area contributed by atoms with Crippen LogP contribution in [0.15, 0.2) is 14.8 Å². The van der Waals surface area contributed by atoms with Crippen LogP contribution in [0.1, 0.15) is 6.42 Å². The number of carbonyl (C=O) groups is 2. The Morgan fingerprint density at radius 3 is 2.68 bits per heavy atom. The zero-order chi connectivity index (χ0) is 13.6. The topological polar surface area (TPSA) is 74.1 Å². The average Bonchev–Trinajstić information content (AvgIpc) is 2.81. The molecule has 19 heavy (non-hydrogen) atoms. The van der Waals surface area contributed by atoms with Crippen LogP contribution in [-0.2, 0) is 16.1 Å². The highest BCUT2D eigenvalue weighted by atomic mass is 35.5. The zero-order valence-corrected chi connectivity index (χ0v) is 11.6. The number of rotatable bonds is 1. The number of fused-ring (bicyclic) bond motifs is 1. The molecule has 0 spiro atoms. The summed E-state index contributed by atoms with van der Waals surface area (Å²) in [5.74, 6) is -0.306. The Hall–Kier alpha value is -1.44. The number of hydrogen-bond donors (Lipinski definition) is 1. The van der Waals surface area contributed by atoms with E-state index in [1.807, 2.05) is 0 Å². The molecule has 0 unspecified atom stereocenters. The van der Waals surface area contributed by atoms with Gasteiger partial charge in [-0.15, -0.1) is 0 Å². The van der Waals surface area contributed by atoms with Crippen LogP contribution in [0.5, 0.6) is 0 Å². The number of carbonyl (C=O) groups excluding carboxylic acids is 2. The van der Waals surface area contributed by atoms with Crippen molar-refractivity contribution in [1.29, 1.82) is 0 Å². The van der Waals surface area contributed by atoms with E-state index in [0.717, 1.165) is 11.4 Å². The van der Waals surface area contributed by atoms with Gasteiger partial charge in [-0.25, -0.2) is 4.79 Å². The normalized spacial score (nSPS) is 17.3. The first-order chi connectivity index (χ1) is 9.08. The Morgan fingerprint density at radius 1 is 1.21 bits per heavy atom. The molecule has 0 aliphatic carbocycles. The molecule has 2 heterocycles. The Balaban J connectivity index is 2.12. The molecule has 1 N–H and O–H groups in total. The largest absolute Gasteiger partial charge is 0.328 e. The molecule has 98 valence electrons. The van der Waals surface area contributed by atoms with Gasteiger partial charge in [0, 0.05) is 13.0 Å². The second-order valence-corrected chi connectivity index (χ2v) is 5.25. The standard InChI is InChI=1S/C10H6Cl2N4O2S/c11-4-3-5(12)9(8-7(4)14-19-15-8)16-2-1-6(17)13-10(16)18/h3H,1-2H2,(H,13,17,18). The minimum Gasteiger partial charge on any atom is -0.290 e. The highest BCUT2D eigenvalue weighted by Crippen LogP contribution is 2.49. The Bertz CT molecular complexity index is 685. The minimum atomic E-state index is -0.519. The number of benzene rings is 1. The van der Waals surface area contributed by atoms with Crippen LogP contribution in [0.25, 0.3) is 0 Å². The van der Waals surface area contributed by atoms with Crippen molar-refractivity contribution in [2.24, 2.45) is 8.73 Å². The lowest BCUT2D eigenvalue weighted by Gasteiger charge is -2.28. The third-order valence-corrected chi connectivity index (χ3v) is 3.85. The van der Waals surface area contributed by atoms with Crippen LogP contribution in [0.4, 0.5) is 21.9 Å². The fourth-order valence-electron chi connectivity index (χ4n) is 1.90. The van der Waals surface area contributed by atoms with Crippen LogP contribution < -0.4 is 10.2 Å². The minimum absolute atomic E-state index is 0.212. The van der Waals surface area contributed by atoms with Crippen molar-refractivity contribution in [3.05, 3.63) is 16.1 Å². The molecule has 3 rings (SSSR count). The molecule has 6 nitrogen and oxygen atoms in total. The van der Waals surface area contributed by atoms with Gasteiger partial charge in [-0.2, -0.15) is 8.73 Å². The molecule has 2 aliphatic rings. The van der Waals surface area contributed by atoms with Gasteiger partial charge in [0.2, 0.25) is 5.91 Å². The third-order valence-electron chi connectivity index (χ3n) is 2.74. The van der Waals surface area contributed by atoms with Crippen molar-refractivity contribution in [2.45, 2.75) is 6.42 Å². The summed E-state index contributed by atoms with van der Waals surface area (Å²) in [6, 6.07) is 1.00. The van der Waals surface area contributed by atoms with Crippen molar-refractivity contribution in [3.8, 4) is 0 Å². The Morgan fingerprint density at radius 2 is 1.95 bits per heavy atom. The van der Waals surface area contributed by atoms with E-state index in [-0.39, 0.29) is 18.9 Å². The summed E-state index contributed by atoms with van der Waals surface area (Å²) in [4.78, 5) is 24.4. The molecule has 1 aromatic rings. The molecule has 1 fully saturated rings. The summed E-state index contributed by atoms with van der Waals surface area (Å²) in [5, 5.41) is 2.92. The van der Waals surface area contributed by atoms with Crippen LogP contribution in [0, 0.1) is 0 Å². The van der Waals surface area contributed by atoms with Gasteiger partial charge in [0.25, 0.3) is 0 Å². The second-order valence-electron chi connectivity index (χ2n) is 3.91. The summed E-state index contributed by atoms with van der Waals surface area (Å²) < 4.78 is 8.19. The number of anilines is 1. The highest BCUT2D eigenvalue weighted by molar-refractivity contribution is 7.58. The fourth-order valence-corrected chi connectivity index (χ4v) is 3.11. The van der Waals surface area contributed by atoms with Gasteiger partial charge < -0.3 is 0 Å². The molecule has 1 saturated heterocycles. The number of nitrogens with zero attached hydrogens (tertiary/aromatic N) is 3. The lowest BCUT2D eigenvalue weighted by atomic mass is 10.2. The monoisotopic (exact) mass is 316 g/mol. The number of amides is 3. The van der Waals surface area contributed by atoms with Gasteiger partial charge in [0.1, 0.15) is 11.4 Å². The van der Waals surface area contributed by atoms with Gasteiger partial charge >= 0.3 is 6.03 Å². The maximum Gasteiger partial charge on any atom is 0.328 e. The Labute approximate surface area is 121 Å². The van der Waals surface area contributed by atoms with E-state index in [2.05, 4.69) is 14.0 Å². The number of hydrogen-bond acceptors (Lipinski definition) is 4. The molecule has 0 atom stereocenters. The summed E-state index contributed by atoms with van der Waals surface area (Å²) in [6.45, 7) is 0.249. The van der Waals surface area contributed by atoms with E-state index in [4.69, 9.17) is 23.2 Å². The van der Waals surface area contributed by atoms with Gasteiger partial charge in [-0.05, 0) is 6.07 Å². The molecule has 0 radical (unpaired) electrons. The van der Waals surface area contributed by atoms with Crippen molar-refractivity contribution in [1.82, 2.24) is 5.32 Å². The molecule has 3 amide bonds. The summed E-state index contributed by atoms with van der Waals surface area (Å²) in [5.41, 5.74) is 1.39. The summed E-state index contributed by atoms with van der Waals surface area (Å²) in [7, 11) is 0. The second kappa shape index (κ2) is 4.59. The first-order valence-corrected chi connectivity index (χ1v) is 6.78. The molecule has 2 aliphatic heterocycles. The predicted octanol–water partition coefficient (Wildman–Crippen LogP) is 3.17. The van der Waals surface area contributed by atoms with Crippen LogP contribution in [-0.4, -0.2) is 18.5 Å². The zero-order valence-electron chi connectivity index (χ0n) is 9.31. The molecule has 0 saturated carbocycles. The third kappa shape index (κ3) is 2.03. The van der Waals surface area contributed by atoms with Crippen molar-refractivity contribution >= 4 is 63.6 Å². The van der Waals surface area contributed by atoms with Crippen LogP contribution in [0.3, 0.4) is 0 Å². The molecular formula is C10H6Cl2N4O2S. The lowest BCUT2D eigenvalue weighted by molar-refractivity contribution is -0.120. The first-order valence-electron chi connectivity index (χ1n) is 5.29. The van der Waals surface area contributed by atoms with Gasteiger partial charge in [-0.3, -0.25) is 15.0 Å². The van der Waals surface area contributed by atoms with Crippen molar-refractivity contribution in [3.63, 3.8) is 0 Å². The maximum absolute atomic E-state index is 11.9. The number of urea groups is 1. The summed E-state index contributed by atoms with van der Waals surface area (Å²) >= 11 is 13.2.